The number of nitrogens with one attached hydrogen (secondary N) is 1. The van der Waals surface area contributed by atoms with E-state index < -0.39 is 0 Å². The van der Waals surface area contributed by atoms with Crippen molar-refractivity contribution in [3.63, 3.8) is 0 Å². The molecule has 0 aliphatic carbocycles. The van der Waals surface area contributed by atoms with Crippen molar-refractivity contribution >= 4 is 33.6 Å². The Kier molecular flexibility index (Phi) is 6.57. The lowest BCUT2D eigenvalue weighted by atomic mass is 10.1. The van der Waals surface area contributed by atoms with Gasteiger partial charge in [0.25, 0.3) is 0 Å². The number of rotatable bonds is 6. The van der Waals surface area contributed by atoms with Crippen LogP contribution in [0.25, 0.3) is 0 Å². The monoisotopic (exact) mass is 301 g/mol. The summed E-state index contributed by atoms with van der Waals surface area (Å²) in [6, 6.07) is 8.21. The van der Waals surface area contributed by atoms with Crippen LogP contribution in [0.5, 0.6) is 0 Å². The van der Waals surface area contributed by atoms with E-state index in [1.807, 2.05) is 18.4 Å². The first kappa shape index (κ1) is 13.6. The van der Waals surface area contributed by atoms with Gasteiger partial charge in [-0.1, -0.05) is 40.2 Å². The predicted octanol–water partition coefficient (Wildman–Crippen LogP) is 2.95. The number of carbonyl (C=O) groups excluding carboxylic acids is 1. The highest BCUT2D eigenvalue weighted by atomic mass is 79.9. The minimum absolute atomic E-state index is 0.124. The van der Waals surface area contributed by atoms with Gasteiger partial charge in [0.2, 0.25) is 5.91 Å². The maximum absolute atomic E-state index is 11.4. The number of hydrogen-bond acceptors (Lipinski definition) is 2. The van der Waals surface area contributed by atoms with Crippen LogP contribution in [0.2, 0.25) is 0 Å². The van der Waals surface area contributed by atoms with Gasteiger partial charge in [0.15, 0.2) is 0 Å². The Balaban J connectivity index is 2.38. The largest absolute Gasteiger partial charge is 0.352 e. The molecule has 88 valence electrons. The van der Waals surface area contributed by atoms with E-state index in [0.717, 1.165) is 16.6 Å². The van der Waals surface area contributed by atoms with Crippen molar-refractivity contribution < 1.29 is 4.79 Å². The van der Waals surface area contributed by atoms with Crippen LogP contribution in [0, 0.1) is 0 Å². The summed E-state index contributed by atoms with van der Waals surface area (Å²) < 4.78 is 0. The minimum atomic E-state index is 0.124. The standard InChI is InChI=1S/C12H16BrNOS/c1-16-6-5-12(15)14-9-11-4-2-3-10(7-11)8-13/h2-4,7H,5-6,8-9H2,1H3,(H,14,15). The van der Waals surface area contributed by atoms with E-state index >= 15 is 0 Å². The average molecular weight is 302 g/mol. The van der Waals surface area contributed by atoms with Crippen molar-refractivity contribution in [2.75, 3.05) is 12.0 Å². The summed E-state index contributed by atoms with van der Waals surface area (Å²) >= 11 is 5.11. The van der Waals surface area contributed by atoms with E-state index in [-0.39, 0.29) is 5.91 Å². The Labute approximate surface area is 109 Å². The molecule has 0 spiro atoms. The summed E-state index contributed by atoms with van der Waals surface area (Å²) in [6.07, 6.45) is 2.60. The molecular weight excluding hydrogens is 286 g/mol. The Hall–Kier alpha value is -0.480. The molecular formula is C12H16BrNOS. The van der Waals surface area contributed by atoms with Crippen molar-refractivity contribution in [1.82, 2.24) is 5.32 Å². The lowest BCUT2D eigenvalue weighted by Gasteiger charge is -2.06. The second-order valence-corrected chi connectivity index (χ2v) is 5.02. The van der Waals surface area contributed by atoms with E-state index in [4.69, 9.17) is 0 Å². The molecule has 1 rings (SSSR count). The third kappa shape index (κ3) is 5.03. The predicted molar refractivity (Wildman–Crippen MR) is 73.9 cm³/mol. The fourth-order valence-corrected chi connectivity index (χ4v) is 2.04. The molecule has 1 aromatic rings. The van der Waals surface area contributed by atoms with Crippen LogP contribution in [0.3, 0.4) is 0 Å². The lowest BCUT2D eigenvalue weighted by molar-refractivity contribution is -0.120. The first-order valence-electron chi connectivity index (χ1n) is 5.15. The summed E-state index contributed by atoms with van der Waals surface area (Å²) in [6.45, 7) is 0.619. The Bertz CT molecular complexity index is 344. The van der Waals surface area contributed by atoms with Crippen LogP contribution in [0.15, 0.2) is 24.3 Å². The normalized spacial score (nSPS) is 10.1. The second-order valence-electron chi connectivity index (χ2n) is 3.47. The van der Waals surface area contributed by atoms with E-state index in [9.17, 15) is 4.79 Å². The molecule has 0 aromatic heterocycles. The van der Waals surface area contributed by atoms with Gasteiger partial charge >= 0.3 is 0 Å². The van der Waals surface area contributed by atoms with Crippen molar-refractivity contribution in [3.05, 3.63) is 35.4 Å². The van der Waals surface area contributed by atoms with Crippen LogP contribution in [-0.2, 0) is 16.7 Å². The maximum Gasteiger partial charge on any atom is 0.221 e. The van der Waals surface area contributed by atoms with Crippen molar-refractivity contribution in [2.45, 2.75) is 18.3 Å². The SMILES string of the molecule is CSCCC(=O)NCc1cccc(CBr)c1. The van der Waals surface area contributed by atoms with Crippen molar-refractivity contribution in [3.8, 4) is 0 Å². The number of hydrogen-bond donors (Lipinski definition) is 1. The van der Waals surface area contributed by atoms with Gasteiger partial charge in [0.1, 0.15) is 0 Å². The molecule has 1 N–H and O–H groups in total. The van der Waals surface area contributed by atoms with Gasteiger partial charge in [-0.25, -0.2) is 0 Å². The highest BCUT2D eigenvalue weighted by molar-refractivity contribution is 9.08. The number of benzene rings is 1. The number of alkyl halides is 1. The zero-order valence-electron chi connectivity index (χ0n) is 9.33. The van der Waals surface area contributed by atoms with Crippen molar-refractivity contribution in [1.29, 1.82) is 0 Å². The molecule has 0 aliphatic rings. The first-order valence-corrected chi connectivity index (χ1v) is 7.67. The van der Waals surface area contributed by atoms with Gasteiger partial charge in [-0.3, -0.25) is 4.79 Å². The van der Waals surface area contributed by atoms with Gasteiger partial charge < -0.3 is 5.32 Å². The molecule has 2 nitrogen and oxygen atoms in total. The van der Waals surface area contributed by atoms with Crippen LogP contribution in [0.4, 0.5) is 0 Å². The first-order chi connectivity index (χ1) is 7.76. The second kappa shape index (κ2) is 7.74. The summed E-state index contributed by atoms with van der Waals surface area (Å²) in [4.78, 5) is 11.4. The highest BCUT2D eigenvalue weighted by Crippen LogP contribution is 2.08. The highest BCUT2D eigenvalue weighted by Gasteiger charge is 2.00. The number of thioether (sulfide) groups is 1. The molecule has 0 saturated heterocycles. The Morgan fingerprint density at radius 3 is 2.88 bits per heavy atom. The minimum Gasteiger partial charge on any atom is -0.352 e. The molecule has 0 atom stereocenters. The number of carbonyl (C=O) groups is 1. The molecule has 0 fully saturated rings. The quantitative estimate of drug-likeness (QED) is 0.819. The topological polar surface area (TPSA) is 29.1 Å². The van der Waals surface area contributed by atoms with Gasteiger partial charge in [-0.05, 0) is 17.4 Å². The number of amides is 1. The third-order valence-corrected chi connectivity index (χ3v) is 3.43. The van der Waals surface area contributed by atoms with Gasteiger partial charge in [0.05, 0.1) is 0 Å². The Morgan fingerprint density at radius 1 is 1.44 bits per heavy atom. The molecule has 4 heteroatoms. The van der Waals surface area contributed by atoms with E-state index in [1.165, 1.54) is 5.56 Å². The molecule has 16 heavy (non-hydrogen) atoms. The molecule has 1 amide bonds. The molecule has 0 aliphatic heterocycles. The molecule has 0 bridgehead atoms. The van der Waals surface area contributed by atoms with E-state index in [0.29, 0.717) is 13.0 Å². The fraction of sp³-hybridized carbons (Fsp3) is 0.417. The summed E-state index contributed by atoms with van der Waals surface area (Å²) in [5.74, 6) is 1.01. The van der Waals surface area contributed by atoms with Crippen LogP contribution < -0.4 is 5.32 Å². The fourth-order valence-electron chi connectivity index (χ4n) is 1.31. The van der Waals surface area contributed by atoms with E-state index in [1.54, 1.807) is 11.8 Å². The number of halogens is 1. The molecule has 1 aromatic carbocycles. The average Bonchev–Trinajstić information content (AvgIpc) is 2.34. The molecule has 0 saturated carbocycles. The van der Waals surface area contributed by atoms with Crippen LogP contribution >= 0.6 is 27.7 Å². The lowest BCUT2D eigenvalue weighted by Crippen LogP contribution is -2.22. The van der Waals surface area contributed by atoms with Crippen LogP contribution in [-0.4, -0.2) is 17.9 Å². The molecule has 0 heterocycles. The van der Waals surface area contributed by atoms with Gasteiger partial charge in [-0.15, -0.1) is 0 Å². The summed E-state index contributed by atoms with van der Waals surface area (Å²) in [7, 11) is 0. The summed E-state index contributed by atoms with van der Waals surface area (Å²) in [5, 5.41) is 3.77. The zero-order valence-corrected chi connectivity index (χ0v) is 11.7. The Morgan fingerprint density at radius 2 is 2.19 bits per heavy atom. The third-order valence-electron chi connectivity index (χ3n) is 2.17. The molecule has 0 unspecified atom stereocenters. The van der Waals surface area contributed by atoms with Crippen molar-refractivity contribution in [2.24, 2.45) is 0 Å². The molecule has 0 radical (unpaired) electrons. The zero-order chi connectivity index (χ0) is 11.8. The van der Waals surface area contributed by atoms with Gasteiger partial charge in [0, 0.05) is 24.0 Å². The van der Waals surface area contributed by atoms with Crippen LogP contribution in [0.1, 0.15) is 17.5 Å². The summed E-state index contributed by atoms with van der Waals surface area (Å²) in [5.41, 5.74) is 2.38. The maximum atomic E-state index is 11.4. The smallest absolute Gasteiger partial charge is 0.221 e. The van der Waals surface area contributed by atoms with Gasteiger partial charge in [-0.2, -0.15) is 11.8 Å². The van der Waals surface area contributed by atoms with E-state index in [2.05, 4.69) is 33.4 Å².